The minimum atomic E-state index is -0.689. The average Bonchev–Trinajstić information content (AvgIpc) is 2.78. The van der Waals surface area contributed by atoms with Gasteiger partial charge in [-0.15, -0.1) is 0 Å². The summed E-state index contributed by atoms with van der Waals surface area (Å²) in [6.07, 6.45) is 0.608. The Morgan fingerprint density at radius 2 is 1.55 bits per heavy atom. The molecule has 0 saturated carbocycles. The van der Waals surface area contributed by atoms with Gasteiger partial charge in [-0.2, -0.15) is 0 Å². The summed E-state index contributed by atoms with van der Waals surface area (Å²) in [5.41, 5.74) is 3.92. The van der Waals surface area contributed by atoms with Crippen LogP contribution in [0.1, 0.15) is 35.3 Å². The van der Waals surface area contributed by atoms with Crippen LogP contribution in [-0.4, -0.2) is 19.3 Å². The van der Waals surface area contributed by atoms with Crippen LogP contribution in [-0.2, 0) is 19.4 Å². The lowest BCUT2D eigenvalue weighted by Crippen LogP contribution is -2.08. The first-order valence-electron chi connectivity index (χ1n) is 9.83. The maximum atomic E-state index is 11.0. The summed E-state index contributed by atoms with van der Waals surface area (Å²) in [5, 5.41) is 11.0. The van der Waals surface area contributed by atoms with E-state index in [0.717, 1.165) is 40.2 Å². The Hall–Kier alpha value is -2.98. The molecule has 0 aliphatic rings. The van der Waals surface area contributed by atoms with Crippen molar-refractivity contribution in [3.8, 4) is 17.2 Å². The number of hydrogen-bond acceptors (Lipinski definition) is 4. The standard InChI is InChI=1S/C25H28O4/c1-4-20-15-22(23(26)14-18-10-12-21(27-2)13-11-18)25(16-24(20)28-3)29-17-19-8-6-5-7-9-19/h5-13,15-16,23,26H,4,14,17H2,1-3H3. The molecule has 0 saturated heterocycles. The summed E-state index contributed by atoms with van der Waals surface area (Å²) in [6, 6.07) is 21.6. The van der Waals surface area contributed by atoms with Gasteiger partial charge in [0, 0.05) is 18.1 Å². The molecule has 0 fully saturated rings. The normalized spacial score (nSPS) is 11.7. The zero-order chi connectivity index (χ0) is 20.6. The molecule has 1 N–H and O–H groups in total. The van der Waals surface area contributed by atoms with Crippen LogP contribution in [0.15, 0.2) is 66.7 Å². The molecular weight excluding hydrogens is 364 g/mol. The van der Waals surface area contributed by atoms with Gasteiger partial charge in [-0.05, 0) is 41.3 Å². The third-order valence-electron chi connectivity index (χ3n) is 4.98. The Balaban J connectivity index is 1.86. The van der Waals surface area contributed by atoms with E-state index in [1.165, 1.54) is 0 Å². The number of ether oxygens (including phenoxy) is 3. The summed E-state index contributed by atoms with van der Waals surface area (Å²) in [5.74, 6) is 2.22. The Bertz CT molecular complexity index is 904. The van der Waals surface area contributed by atoms with Crippen LogP contribution in [0, 0.1) is 0 Å². The van der Waals surface area contributed by atoms with Crippen molar-refractivity contribution in [2.45, 2.75) is 32.5 Å². The average molecular weight is 392 g/mol. The number of benzene rings is 3. The number of aliphatic hydroxyl groups is 1. The SMILES string of the molecule is CCc1cc(C(O)Cc2ccc(OC)cc2)c(OCc2ccccc2)cc1OC. The van der Waals surface area contributed by atoms with Crippen molar-refractivity contribution in [2.75, 3.05) is 14.2 Å². The number of aryl methyl sites for hydroxylation is 1. The van der Waals surface area contributed by atoms with Crippen LogP contribution in [0.5, 0.6) is 17.2 Å². The molecule has 0 aliphatic heterocycles. The number of methoxy groups -OCH3 is 2. The van der Waals surface area contributed by atoms with Gasteiger partial charge in [0.25, 0.3) is 0 Å². The fourth-order valence-corrected chi connectivity index (χ4v) is 3.31. The fraction of sp³-hybridized carbons (Fsp3) is 0.280. The molecular formula is C25H28O4. The summed E-state index contributed by atoms with van der Waals surface area (Å²) in [4.78, 5) is 0. The predicted molar refractivity (Wildman–Crippen MR) is 115 cm³/mol. The molecule has 0 aliphatic carbocycles. The summed E-state index contributed by atoms with van der Waals surface area (Å²) in [6.45, 7) is 2.50. The zero-order valence-corrected chi connectivity index (χ0v) is 17.2. The fourth-order valence-electron chi connectivity index (χ4n) is 3.31. The van der Waals surface area contributed by atoms with Gasteiger partial charge >= 0.3 is 0 Å². The molecule has 3 aromatic rings. The molecule has 29 heavy (non-hydrogen) atoms. The van der Waals surface area contributed by atoms with E-state index in [2.05, 4.69) is 6.92 Å². The molecule has 0 aromatic heterocycles. The molecule has 1 atom stereocenters. The summed E-state index contributed by atoms with van der Waals surface area (Å²) in [7, 11) is 3.30. The first-order valence-corrected chi connectivity index (χ1v) is 9.83. The van der Waals surface area contributed by atoms with Crippen molar-refractivity contribution in [3.05, 3.63) is 89.0 Å². The van der Waals surface area contributed by atoms with E-state index in [-0.39, 0.29) is 0 Å². The quantitative estimate of drug-likeness (QED) is 0.549. The number of hydrogen-bond donors (Lipinski definition) is 1. The zero-order valence-electron chi connectivity index (χ0n) is 17.2. The second kappa shape index (κ2) is 9.99. The van der Waals surface area contributed by atoms with Crippen molar-refractivity contribution < 1.29 is 19.3 Å². The highest BCUT2D eigenvalue weighted by atomic mass is 16.5. The molecule has 0 bridgehead atoms. The lowest BCUT2D eigenvalue weighted by molar-refractivity contribution is 0.170. The number of aliphatic hydroxyl groups excluding tert-OH is 1. The van der Waals surface area contributed by atoms with E-state index in [1.54, 1.807) is 14.2 Å². The highest BCUT2D eigenvalue weighted by Crippen LogP contribution is 2.35. The van der Waals surface area contributed by atoms with Crippen LogP contribution >= 0.6 is 0 Å². The second-order valence-electron chi connectivity index (χ2n) is 6.90. The third-order valence-corrected chi connectivity index (χ3v) is 4.98. The van der Waals surface area contributed by atoms with Crippen molar-refractivity contribution in [1.82, 2.24) is 0 Å². The van der Waals surface area contributed by atoms with Crippen LogP contribution < -0.4 is 14.2 Å². The van der Waals surface area contributed by atoms with E-state index in [1.807, 2.05) is 66.7 Å². The van der Waals surface area contributed by atoms with E-state index in [4.69, 9.17) is 14.2 Å². The van der Waals surface area contributed by atoms with Gasteiger partial charge in [0.2, 0.25) is 0 Å². The van der Waals surface area contributed by atoms with Crippen molar-refractivity contribution in [2.24, 2.45) is 0 Å². The van der Waals surface area contributed by atoms with Gasteiger partial charge in [-0.1, -0.05) is 49.4 Å². The number of rotatable bonds is 9. The molecule has 1 unspecified atom stereocenters. The summed E-state index contributed by atoms with van der Waals surface area (Å²) < 4.78 is 16.8. The van der Waals surface area contributed by atoms with E-state index >= 15 is 0 Å². The highest BCUT2D eigenvalue weighted by molar-refractivity contribution is 5.48. The van der Waals surface area contributed by atoms with Crippen LogP contribution in [0.4, 0.5) is 0 Å². The Labute approximate surface area is 172 Å². The van der Waals surface area contributed by atoms with Gasteiger partial charge in [0.1, 0.15) is 23.9 Å². The lowest BCUT2D eigenvalue weighted by Gasteiger charge is -2.20. The van der Waals surface area contributed by atoms with Crippen molar-refractivity contribution in [1.29, 1.82) is 0 Å². The maximum absolute atomic E-state index is 11.0. The maximum Gasteiger partial charge on any atom is 0.129 e. The molecule has 152 valence electrons. The lowest BCUT2D eigenvalue weighted by atomic mass is 9.97. The van der Waals surface area contributed by atoms with E-state index < -0.39 is 6.10 Å². The van der Waals surface area contributed by atoms with Crippen LogP contribution in [0.3, 0.4) is 0 Å². The molecule has 4 nitrogen and oxygen atoms in total. The minimum absolute atomic E-state index is 0.428. The molecule has 0 heterocycles. The second-order valence-corrected chi connectivity index (χ2v) is 6.90. The van der Waals surface area contributed by atoms with Crippen molar-refractivity contribution >= 4 is 0 Å². The van der Waals surface area contributed by atoms with Crippen LogP contribution in [0.25, 0.3) is 0 Å². The van der Waals surface area contributed by atoms with Gasteiger partial charge in [-0.3, -0.25) is 0 Å². The minimum Gasteiger partial charge on any atom is -0.497 e. The highest BCUT2D eigenvalue weighted by Gasteiger charge is 2.18. The van der Waals surface area contributed by atoms with E-state index in [9.17, 15) is 5.11 Å². The van der Waals surface area contributed by atoms with Gasteiger partial charge in [0.15, 0.2) is 0 Å². The first-order chi connectivity index (χ1) is 14.1. The largest absolute Gasteiger partial charge is 0.497 e. The monoisotopic (exact) mass is 392 g/mol. The predicted octanol–water partition coefficient (Wildman–Crippen LogP) is 5.12. The topological polar surface area (TPSA) is 47.9 Å². The van der Waals surface area contributed by atoms with Gasteiger partial charge in [-0.25, -0.2) is 0 Å². The summed E-state index contributed by atoms with van der Waals surface area (Å²) >= 11 is 0. The molecule has 0 radical (unpaired) electrons. The Kier molecular flexibility index (Phi) is 7.14. The van der Waals surface area contributed by atoms with Crippen molar-refractivity contribution in [3.63, 3.8) is 0 Å². The molecule has 4 heteroatoms. The van der Waals surface area contributed by atoms with Gasteiger partial charge in [0.05, 0.1) is 20.3 Å². The van der Waals surface area contributed by atoms with Gasteiger partial charge < -0.3 is 19.3 Å². The molecule has 3 aromatic carbocycles. The molecule has 3 rings (SSSR count). The van der Waals surface area contributed by atoms with Crippen LogP contribution in [0.2, 0.25) is 0 Å². The first kappa shape index (κ1) is 20.7. The Morgan fingerprint density at radius 3 is 2.17 bits per heavy atom. The molecule has 0 amide bonds. The third kappa shape index (κ3) is 5.30. The van der Waals surface area contributed by atoms with E-state index in [0.29, 0.717) is 18.8 Å². The Morgan fingerprint density at radius 1 is 0.828 bits per heavy atom. The molecule has 0 spiro atoms. The smallest absolute Gasteiger partial charge is 0.129 e.